The highest BCUT2D eigenvalue weighted by molar-refractivity contribution is 6.01. The molecule has 4 aromatic rings. The van der Waals surface area contributed by atoms with E-state index in [4.69, 9.17) is 4.74 Å². The molecule has 0 spiro atoms. The molecular formula is C34H37N3O3. The summed E-state index contributed by atoms with van der Waals surface area (Å²) < 4.78 is 7.68. The number of hydrogen-bond donors (Lipinski definition) is 1. The normalized spacial score (nSPS) is 16.2. The minimum atomic E-state index is -0.113. The van der Waals surface area contributed by atoms with Crippen molar-refractivity contribution < 1.29 is 14.3 Å². The average molecular weight is 536 g/mol. The van der Waals surface area contributed by atoms with Crippen LogP contribution in [0, 0.1) is 0 Å². The van der Waals surface area contributed by atoms with Crippen molar-refractivity contribution in [2.24, 2.45) is 0 Å². The lowest BCUT2D eigenvalue weighted by Gasteiger charge is -2.28. The van der Waals surface area contributed by atoms with E-state index >= 15 is 0 Å². The van der Waals surface area contributed by atoms with Crippen LogP contribution in [0.15, 0.2) is 78.9 Å². The van der Waals surface area contributed by atoms with Crippen molar-refractivity contribution >= 4 is 22.7 Å². The fraction of sp³-hybridized carbons (Fsp3) is 0.353. The second-order valence-electron chi connectivity index (χ2n) is 10.9. The number of fused-ring (bicyclic) bond motifs is 1. The van der Waals surface area contributed by atoms with Gasteiger partial charge in [-0.25, -0.2) is 0 Å². The van der Waals surface area contributed by atoms with Crippen molar-refractivity contribution in [2.45, 2.75) is 51.1 Å². The van der Waals surface area contributed by atoms with Crippen molar-refractivity contribution in [3.63, 3.8) is 0 Å². The quantitative estimate of drug-likeness (QED) is 0.309. The Morgan fingerprint density at radius 3 is 2.27 bits per heavy atom. The van der Waals surface area contributed by atoms with E-state index in [1.807, 2.05) is 53.4 Å². The number of benzene rings is 3. The number of carbonyl (C=O) groups is 2. The van der Waals surface area contributed by atoms with Gasteiger partial charge in [0.2, 0.25) is 5.91 Å². The van der Waals surface area contributed by atoms with Gasteiger partial charge in [-0.3, -0.25) is 9.59 Å². The van der Waals surface area contributed by atoms with E-state index in [1.54, 1.807) is 0 Å². The monoisotopic (exact) mass is 535 g/mol. The summed E-state index contributed by atoms with van der Waals surface area (Å²) in [6.45, 7) is 3.08. The third-order valence-electron chi connectivity index (χ3n) is 8.38. The van der Waals surface area contributed by atoms with Crippen LogP contribution in [0.25, 0.3) is 22.2 Å². The standard InChI is InChI=1S/C34H37N3O3/c38-31(36-18-20-40-21-19-36)24-37-30-22-28(34(39)35-23-25-10-4-1-5-11-25)16-17-29(30)32(26-12-6-2-7-13-26)33(37)27-14-8-3-9-15-27/h1,3-5,8-11,14-17,22,26H,2,6-7,12-13,18-21,23-24H2,(H,35,39). The SMILES string of the molecule is O=C(NCc1ccccc1)c1ccc2c(C3CCCCC3)c(-c3ccccc3)n(CC(=O)N3CCOCC3)c2c1. The van der Waals surface area contributed by atoms with Crippen LogP contribution in [0.5, 0.6) is 0 Å². The Bertz CT molecular complexity index is 1470. The zero-order valence-corrected chi connectivity index (χ0v) is 23.0. The Hall–Kier alpha value is -3.90. The number of carbonyl (C=O) groups excluding carboxylic acids is 2. The van der Waals surface area contributed by atoms with Crippen LogP contribution in [-0.4, -0.2) is 47.6 Å². The largest absolute Gasteiger partial charge is 0.378 e. The zero-order chi connectivity index (χ0) is 27.3. The van der Waals surface area contributed by atoms with E-state index in [0.29, 0.717) is 44.3 Å². The van der Waals surface area contributed by atoms with Crippen molar-refractivity contribution in [3.05, 3.63) is 95.6 Å². The highest BCUT2D eigenvalue weighted by atomic mass is 16.5. The van der Waals surface area contributed by atoms with Gasteiger partial charge in [0, 0.05) is 30.6 Å². The molecule has 2 heterocycles. The van der Waals surface area contributed by atoms with Gasteiger partial charge in [0.15, 0.2) is 0 Å². The zero-order valence-electron chi connectivity index (χ0n) is 23.0. The molecule has 40 heavy (non-hydrogen) atoms. The third-order valence-corrected chi connectivity index (χ3v) is 8.38. The Morgan fingerprint density at radius 2 is 1.55 bits per heavy atom. The van der Waals surface area contributed by atoms with Gasteiger partial charge in [-0.05, 0) is 47.6 Å². The molecule has 6 nitrogen and oxygen atoms in total. The van der Waals surface area contributed by atoms with Gasteiger partial charge >= 0.3 is 0 Å². The predicted octanol–water partition coefficient (Wildman–Crippen LogP) is 6.14. The smallest absolute Gasteiger partial charge is 0.251 e. The van der Waals surface area contributed by atoms with Crippen molar-refractivity contribution in [1.82, 2.24) is 14.8 Å². The molecular weight excluding hydrogens is 498 g/mol. The number of nitrogens with zero attached hydrogens (tertiary/aromatic N) is 2. The third kappa shape index (κ3) is 5.54. The van der Waals surface area contributed by atoms with Crippen LogP contribution in [-0.2, 0) is 22.6 Å². The van der Waals surface area contributed by atoms with Gasteiger partial charge in [0.05, 0.1) is 24.4 Å². The Balaban J connectivity index is 1.45. The molecule has 1 aliphatic heterocycles. The van der Waals surface area contributed by atoms with Crippen LogP contribution in [0.4, 0.5) is 0 Å². The van der Waals surface area contributed by atoms with Crippen LogP contribution in [0.2, 0.25) is 0 Å². The summed E-state index contributed by atoms with van der Waals surface area (Å²) in [6, 6.07) is 26.4. The van der Waals surface area contributed by atoms with E-state index in [1.165, 1.54) is 24.8 Å². The Kier molecular flexibility index (Phi) is 7.96. The number of morpholine rings is 1. The maximum atomic E-state index is 13.6. The molecule has 0 bridgehead atoms. The first-order valence-electron chi connectivity index (χ1n) is 14.6. The first-order chi connectivity index (χ1) is 19.7. The Morgan fingerprint density at radius 1 is 0.850 bits per heavy atom. The molecule has 1 aromatic heterocycles. The van der Waals surface area contributed by atoms with Crippen LogP contribution < -0.4 is 5.32 Å². The van der Waals surface area contributed by atoms with Crippen molar-refractivity contribution in [2.75, 3.05) is 26.3 Å². The second-order valence-corrected chi connectivity index (χ2v) is 10.9. The summed E-state index contributed by atoms with van der Waals surface area (Å²) >= 11 is 0. The van der Waals surface area contributed by atoms with E-state index in [-0.39, 0.29) is 18.4 Å². The highest BCUT2D eigenvalue weighted by Crippen LogP contribution is 2.44. The van der Waals surface area contributed by atoms with Crippen molar-refractivity contribution in [3.8, 4) is 11.3 Å². The molecule has 0 unspecified atom stereocenters. The van der Waals surface area contributed by atoms with Crippen LogP contribution >= 0.6 is 0 Å². The molecule has 2 amide bonds. The maximum absolute atomic E-state index is 13.6. The number of hydrogen-bond acceptors (Lipinski definition) is 3. The maximum Gasteiger partial charge on any atom is 0.251 e. The fourth-order valence-corrected chi connectivity index (χ4v) is 6.32. The number of aromatic nitrogens is 1. The van der Waals surface area contributed by atoms with E-state index < -0.39 is 0 Å². The van der Waals surface area contributed by atoms with Crippen molar-refractivity contribution in [1.29, 1.82) is 0 Å². The lowest BCUT2D eigenvalue weighted by molar-refractivity contribution is -0.135. The van der Waals surface area contributed by atoms with E-state index in [0.717, 1.165) is 40.6 Å². The predicted molar refractivity (Wildman–Crippen MR) is 158 cm³/mol. The first-order valence-corrected chi connectivity index (χ1v) is 14.6. The van der Waals surface area contributed by atoms with E-state index in [9.17, 15) is 9.59 Å². The summed E-state index contributed by atoms with van der Waals surface area (Å²) in [7, 11) is 0. The van der Waals surface area contributed by atoms with Gasteiger partial charge in [0.25, 0.3) is 5.91 Å². The Labute approximate surface area is 235 Å². The summed E-state index contributed by atoms with van der Waals surface area (Å²) in [6.07, 6.45) is 6.01. The number of amides is 2. The van der Waals surface area contributed by atoms with Gasteiger partial charge in [0.1, 0.15) is 6.54 Å². The van der Waals surface area contributed by atoms with Crippen LogP contribution in [0.1, 0.15) is 59.5 Å². The lowest BCUT2D eigenvalue weighted by atomic mass is 9.82. The van der Waals surface area contributed by atoms with Gasteiger partial charge in [-0.2, -0.15) is 0 Å². The molecule has 0 atom stereocenters. The molecule has 206 valence electrons. The first kappa shape index (κ1) is 26.3. The van der Waals surface area contributed by atoms with E-state index in [2.05, 4.69) is 40.2 Å². The number of nitrogens with one attached hydrogen (secondary N) is 1. The van der Waals surface area contributed by atoms with Crippen LogP contribution in [0.3, 0.4) is 0 Å². The highest BCUT2D eigenvalue weighted by Gasteiger charge is 2.29. The summed E-state index contributed by atoms with van der Waals surface area (Å²) in [5.74, 6) is 0.411. The van der Waals surface area contributed by atoms with Gasteiger partial charge < -0.3 is 19.5 Å². The number of rotatable bonds is 7. The molecule has 1 saturated carbocycles. The molecule has 3 aromatic carbocycles. The summed E-state index contributed by atoms with van der Waals surface area (Å²) in [4.78, 5) is 28.8. The average Bonchev–Trinajstić information content (AvgIpc) is 3.34. The number of ether oxygens (including phenoxy) is 1. The lowest BCUT2D eigenvalue weighted by Crippen LogP contribution is -2.42. The minimum absolute atomic E-state index is 0.0894. The molecule has 1 N–H and O–H groups in total. The molecule has 2 fully saturated rings. The molecule has 1 saturated heterocycles. The summed E-state index contributed by atoms with van der Waals surface area (Å²) in [5.41, 5.74) is 6.17. The fourth-order valence-electron chi connectivity index (χ4n) is 6.32. The minimum Gasteiger partial charge on any atom is -0.378 e. The molecule has 0 radical (unpaired) electrons. The van der Waals surface area contributed by atoms with Gasteiger partial charge in [-0.1, -0.05) is 86.0 Å². The molecule has 2 aliphatic rings. The second kappa shape index (κ2) is 12.1. The molecule has 6 heteroatoms. The summed E-state index contributed by atoms with van der Waals surface area (Å²) in [5, 5.41) is 4.22. The molecule has 6 rings (SSSR count). The molecule has 1 aliphatic carbocycles. The van der Waals surface area contributed by atoms with Gasteiger partial charge in [-0.15, -0.1) is 0 Å². The topological polar surface area (TPSA) is 63.6 Å².